The van der Waals surface area contributed by atoms with E-state index in [0.717, 1.165) is 35.1 Å². The largest absolute Gasteiger partial charge is 0.493 e. The highest BCUT2D eigenvalue weighted by Gasteiger charge is 2.05. The third-order valence-electron chi connectivity index (χ3n) is 3.83. The summed E-state index contributed by atoms with van der Waals surface area (Å²) < 4.78 is 23.5. The number of halogens is 2. The molecule has 0 aromatic heterocycles. The van der Waals surface area contributed by atoms with Crippen LogP contribution >= 0.6 is 35.7 Å². The first-order valence-corrected chi connectivity index (χ1v) is 9.68. The van der Waals surface area contributed by atoms with Crippen LogP contribution in [-0.4, -0.2) is 39.5 Å². The highest BCUT2D eigenvalue weighted by atomic mass is 127. The molecule has 0 unspecified atom stereocenters. The van der Waals surface area contributed by atoms with E-state index in [1.54, 1.807) is 45.2 Å². The summed E-state index contributed by atoms with van der Waals surface area (Å²) in [5.41, 5.74) is 1.07. The van der Waals surface area contributed by atoms with Gasteiger partial charge >= 0.3 is 0 Å². The van der Waals surface area contributed by atoms with Gasteiger partial charge in [-0.15, -0.1) is 35.7 Å². The quantitative estimate of drug-likeness (QED) is 0.170. The average Bonchev–Trinajstić information content (AvgIpc) is 2.71. The summed E-state index contributed by atoms with van der Waals surface area (Å²) in [6.45, 7) is 1.43. The van der Waals surface area contributed by atoms with Gasteiger partial charge in [-0.3, -0.25) is 4.99 Å². The number of ether oxygens (including phenoxy) is 2. The van der Waals surface area contributed by atoms with Crippen LogP contribution in [0, 0.1) is 5.82 Å². The summed E-state index contributed by atoms with van der Waals surface area (Å²) in [5.74, 6) is 2.91. The Bertz CT molecular complexity index is 745. The second-order valence-electron chi connectivity index (χ2n) is 5.70. The molecule has 0 aliphatic rings. The predicted molar refractivity (Wildman–Crippen MR) is 125 cm³/mol. The van der Waals surface area contributed by atoms with Crippen molar-refractivity contribution in [2.75, 3.05) is 33.6 Å². The molecule has 5 nitrogen and oxygen atoms in total. The fraction of sp³-hybridized carbons (Fsp3) is 0.350. The van der Waals surface area contributed by atoms with Crippen LogP contribution in [0.3, 0.4) is 0 Å². The molecule has 0 fully saturated rings. The molecule has 8 heteroatoms. The van der Waals surface area contributed by atoms with Crippen LogP contribution in [0.1, 0.15) is 12.0 Å². The molecular weight excluding hydrogens is 492 g/mol. The molecule has 0 radical (unpaired) electrons. The maximum atomic E-state index is 12.9. The van der Waals surface area contributed by atoms with Gasteiger partial charge in [0.15, 0.2) is 17.5 Å². The van der Waals surface area contributed by atoms with Crippen LogP contribution in [0.2, 0.25) is 0 Å². The van der Waals surface area contributed by atoms with Crippen LogP contribution in [0.5, 0.6) is 11.5 Å². The third-order valence-corrected chi connectivity index (χ3v) is 4.93. The van der Waals surface area contributed by atoms with E-state index in [1.165, 1.54) is 12.1 Å². The minimum Gasteiger partial charge on any atom is -0.493 e. The van der Waals surface area contributed by atoms with E-state index in [4.69, 9.17) is 9.47 Å². The van der Waals surface area contributed by atoms with Crippen molar-refractivity contribution in [3.05, 3.63) is 53.8 Å². The van der Waals surface area contributed by atoms with E-state index in [1.807, 2.05) is 18.2 Å². The molecule has 2 N–H and O–H groups in total. The SMILES string of the molecule is CN=C(NCCCSc1ccc(F)cc1)NCc1ccc(OC)c(OC)c1.I. The maximum absolute atomic E-state index is 12.9. The van der Waals surface area contributed by atoms with E-state index in [9.17, 15) is 4.39 Å². The Hall–Kier alpha value is -1.68. The van der Waals surface area contributed by atoms with Crippen molar-refractivity contribution in [2.24, 2.45) is 4.99 Å². The zero-order chi connectivity index (χ0) is 19.5. The van der Waals surface area contributed by atoms with Crippen LogP contribution in [0.25, 0.3) is 0 Å². The van der Waals surface area contributed by atoms with Crippen LogP contribution < -0.4 is 20.1 Å². The maximum Gasteiger partial charge on any atom is 0.191 e. The number of hydrogen-bond acceptors (Lipinski definition) is 4. The molecule has 0 saturated heterocycles. The van der Waals surface area contributed by atoms with Crippen LogP contribution in [0.4, 0.5) is 4.39 Å². The van der Waals surface area contributed by atoms with Crippen molar-refractivity contribution in [1.82, 2.24) is 10.6 Å². The fourth-order valence-corrected chi connectivity index (χ4v) is 3.25. The molecule has 0 bridgehead atoms. The highest BCUT2D eigenvalue weighted by Crippen LogP contribution is 2.27. The lowest BCUT2D eigenvalue weighted by Gasteiger charge is -2.13. The fourth-order valence-electron chi connectivity index (χ4n) is 2.40. The summed E-state index contributed by atoms with van der Waals surface area (Å²) in [6.07, 6.45) is 0.971. The van der Waals surface area contributed by atoms with E-state index in [-0.39, 0.29) is 29.8 Å². The number of methoxy groups -OCH3 is 2. The zero-order valence-corrected chi connectivity index (χ0v) is 19.5. The summed E-state index contributed by atoms with van der Waals surface area (Å²) in [7, 11) is 4.99. The second-order valence-corrected chi connectivity index (χ2v) is 6.87. The number of aliphatic imine (C=N–C) groups is 1. The zero-order valence-electron chi connectivity index (χ0n) is 16.3. The number of benzene rings is 2. The highest BCUT2D eigenvalue weighted by molar-refractivity contribution is 14.0. The Balaban J connectivity index is 0.00000392. The molecule has 2 rings (SSSR count). The van der Waals surface area contributed by atoms with Crippen molar-refractivity contribution in [3.8, 4) is 11.5 Å². The third kappa shape index (κ3) is 8.14. The van der Waals surface area contributed by atoms with Gasteiger partial charge in [0, 0.05) is 25.0 Å². The summed E-state index contributed by atoms with van der Waals surface area (Å²) in [5, 5.41) is 6.58. The molecule has 0 amide bonds. The van der Waals surface area contributed by atoms with E-state index in [2.05, 4.69) is 15.6 Å². The first-order chi connectivity index (χ1) is 13.2. The number of nitrogens with zero attached hydrogens (tertiary/aromatic N) is 1. The van der Waals surface area contributed by atoms with E-state index < -0.39 is 0 Å². The van der Waals surface area contributed by atoms with Crippen molar-refractivity contribution < 1.29 is 13.9 Å². The molecule has 0 aliphatic carbocycles. The molecule has 0 atom stereocenters. The summed E-state index contributed by atoms with van der Waals surface area (Å²) in [4.78, 5) is 5.31. The van der Waals surface area contributed by atoms with Gasteiger partial charge in [0.05, 0.1) is 14.2 Å². The van der Waals surface area contributed by atoms with Gasteiger partial charge < -0.3 is 20.1 Å². The van der Waals surface area contributed by atoms with Gasteiger partial charge in [0.1, 0.15) is 5.82 Å². The normalized spacial score (nSPS) is 10.8. The molecule has 0 aliphatic heterocycles. The Morgan fingerprint density at radius 1 is 1.04 bits per heavy atom. The molecule has 2 aromatic rings. The molecule has 0 saturated carbocycles. The van der Waals surface area contributed by atoms with Crippen LogP contribution in [0.15, 0.2) is 52.4 Å². The molecule has 154 valence electrons. The predicted octanol–water partition coefficient (Wildman–Crippen LogP) is 4.31. The van der Waals surface area contributed by atoms with Crippen molar-refractivity contribution >= 4 is 41.7 Å². The number of thioether (sulfide) groups is 1. The van der Waals surface area contributed by atoms with Crippen molar-refractivity contribution in [2.45, 2.75) is 17.9 Å². The average molecular weight is 519 g/mol. The Labute approximate surface area is 187 Å². The van der Waals surface area contributed by atoms with Gasteiger partial charge in [-0.05, 0) is 54.1 Å². The lowest BCUT2D eigenvalue weighted by molar-refractivity contribution is 0.354. The number of hydrogen-bond donors (Lipinski definition) is 2. The monoisotopic (exact) mass is 519 g/mol. The minimum atomic E-state index is -0.203. The van der Waals surface area contributed by atoms with Crippen molar-refractivity contribution in [3.63, 3.8) is 0 Å². The molecule has 28 heavy (non-hydrogen) atoms. The summed E-state index contributed by atoms with van der Waals surface area (Å²) >= 11 is 1.71. The topological polar surface area (TPSA) is 54.9 Å². The van der Waals surface area contributed by atoms with Crippen LogP contribution in [-0.2, 0) is 6.54 Å². The van der Waals surface area contributed by atoms with Gasteiger partial charge in [0.2, 0.25) is 0 Å². The smallest absolute Gasteiger partial charge is 0.191 e. The molecule has 0 spiro atoms. The van der Waals surface area contributed by atoms with Gasteiger partial charge in [-0.1, -0.05) is 6.07 Å². The standard InChI is InChI=1S/C20H26FN3O2S.HI/c1-22-20(23-11-4-12-27-17-8-6-16(21)7-9-17)24-14-15-5-10-18(25-2)19(13-15)26-3;/h5-10,13H,4,11-12,14H2,1-3H3,(H2,22,23,24);1H. The Morgan fingerprint density at radius 2 is 1.75 bits per heavy atom. The molecule has 2 aromatic carbocycles. The Morgan fingerprint density at radius 3 is 2.39 bits per heavy atom. The van der Waals surface area contributed by atoms with E-state index >= 15 is 0 Å². The minimum absolute atomic E-state index is 0. The van der Waals surface area contributed by atoms with Gasteiger partial charge in [-0.2, -0.15) is 0 Å². The van der Waals surface area contributed by atoms with Gasteiger partial charge in [-0.25, -0.2) is 4.39 Å². The number of nitrogens with one attached hydrogen (secondary N) is 2. The molecule has 0 heterocycles. The number of guanidine groups is 1. The lowest BCUT2D eigenvalue weighted by Crippen LogP contribution is -2.37. The number of rotatable bonds is 9. The Kier molecular flexibility index (Phi) is 11.7. The first kappa shape index (κ1) is 24.4. The second kappa shape index (κ2) is 13.5. The van der Waals surface area contributed by atoms with E-state index in [0.29, 0.717) is 18.0 Å². The van der Waals surface area contributed by atoms with Gasteiger partial charge in [0.25, 0.3) is 0 Å². The van der Waals surface area contributed by atoms with Crippen molar-refractivity contribution in [1.29, 1.82) is 0 Å². The lowest BCUT2D eigenvalue weighted by atomic mass is 10.2. The first-order valence-electron chi connectivity index (χ1n) is 8.70. The summed E-state index contributed by atoms with van der Waals surface area (Å²) in [6, 6.07) is 12.4. The molecular formula is C20H27FIN3O2S.